The van der Waals surface area contributed by atoms with Gasteiger partial charge in [0.2, 0.25) is 0 Å². The van der Waals surface area contributed by atoms with Gasteiger partial charge in [-0.1, -0.05) is 18.2 Å². The monoisotopic (exact) mass is 271 g/mol. The smallest absolute Gasteiger partial charge is 0.0897 e. The van der Waals surface area contributed by atoms with Crippen molar-refractivity contribution in [3.05, 3.63) is 52.1 Å². The van der Waals surface area contributed by atoms with Crippen molar-refractivity contribution in [3.63, 3.8) is 0 Å². The molecule has 0 radical (unpaired) electrons. The third-order valence-electron chi connectivity index (χ3n) is 3.22. The largest absolute Gasteiger partial charge is 0.361 e. The Morgan fingerprint density at radius 3 is 3.05 bits per heavy atom. The summed E-state index contributed by atoms with van der Waals surface area (Å²) < 4.78 is 0. The van der Waals surface area contributed by atoms with E-state index in [0.717, 1.165) is 30.2 Å². The van der Waals surface area contributed by atoms with Crippen molar-refractivity contribution in [1.82, 2.24) is 15.3 Å². The van der Waals surface area contributed by atoms with Crippen molar-refractivity contribution in [2.75, 3.05) is 6.54 Å². The van der Waals surface area contributed by atoms with E-state index in [2.05, 4.69) is 51.1 Å². The average molecular weight is 271 g/mol. The van der Waals surface area contributed by atoms with Gasteiger partial charge >= 0.3 is 0 Å². The molecule has 2 N–H and O–H groups in total. The van der Waals surface area contributed by atoms with Gasteiger partial charge in [-0.2, -0.15) is 0 Å². The standard InChI is InChI=1S/C15H17N3S/c1-11-18-13(10-19-11)9-16-7-6-12-8-17-15-5-3-2-4-14(12)15/h2-5,8,10,16-17H,6-7,9H2,1H3. The second kappa shape index (κ2) is 5.55. The highest BCUT2D eigenvalue weighted by atomic mass is 32.1. The molecule has 0 saturated heterocycles. The van der Waals surface area contributed by atoms with Gasteiger partial charge in [0.15, 0.2) is 0 Å². The molecule has 3 nitrogen and oxygen atoms in total. The zero-order valence-corrected chi connectivity index (χ0v) is 11.8. The van der Waals surface area contributed by atoms with Crippen molar-refractivity contribution in [2.24, 2.45) is 0 Å². The van der Waals surface area contributed by atoms with Crippen molar-refractivity contribution in [2.45, 2.75) is 19.9 Å². The molecule has 3 rings (SSSR count). The van der Waals surface area contributed by atoms with Crippen LogP contribution in [0.1, 0.15) is 16.3 Å². The second-order valence-corrected chi connectivity index (χ2v) is 5.71. The minimum atomic E-state index is 0.854. The van der Waals surface area contributed by atoms with Crippen LogP contribution in [-0.2, 0) is 13.0 Å². The Labute approximate surface area is 116 Å². The fraction of sp³-hybridized carbons (Fsp3) is 0.267. The molecule has 0 spiro atoms. The number of nitrogens with zero attached hydrogens (tertiary/aromatic N) is 1. The summed E-state index contributed by atoms with van der Waals surface area (Å²) in [5.41, 5.74) is 3.73. The molecule has 2 aromatic heterocycles. The summed E-state index contributed by atoms with van der Waals surface area (Å²) in [5, 5.41) is 8.03. The van der Waals surface area contributed by atoms with Gasteiger partial charge in [0.05, 0.1) is 10.7 Å². The van der Waals surface area contributed by atoms with Crippen LogP contribution in [0.5, 0.6) is 0 Å². The van der Waals surface area contributed by atoms with Crippen molar-refractivity contribution >= 4 is 22.2 Å². The number of H-pyrrole nitrogens is 1. The summed E-state index contributed by atoms with van der Waals surface area (Å²) in [6, 6.07) is 8.44. The van der Waals surface area contributed by atoms with Crippen molar-refractivity contribution in [1.29, 1.82) is 0 Å². The van der Waals surface area contributed by atoms with Crippen molar-refractivity contribution < 1.29 is 0 Å². The van der Waals surface area contributed by atoms with E-state index in [1.165, 1.54) is 16.5 Å². The predicted octanol–water partition coefficient (Wildman–Crippen LogP) is 3.27. The van der Waals surface area contributed by atoms with E-state index < -0.39 is 0 Å². The Kier molecular flexibility index (Phi) is 3.62. The molecular weight excluding hydrogens is 254 g/mol. The van der Waals surface area contributed by atoms with E-state index in [1.807, 2.05) is 6.92 Å². The number of aryl methyl sites for hydroxylation is 1. The number of hydrogen-bond donors (Lipinski definition) is 2. The number of fused-ring (bicyclic) bond motifs is 1. The van der Waals surface area contributed by atoms with Crippen LogP contribution in [0.2, 0.25) is 0 Å². The highest BCUT2D eigenvalue weighted by Gasteiger charge is 2.02. The van der Waals surface area contributed by atoms with E-state index in [0.29, 0.717) is 0 Å². The maximum absolute atomic E-state index is 4.45. The Bertz CT molecular complexity index is 669. The van der Waals surface area contributed by atoms with E-state index >= 15 is 0 Å². The summed E-state index contributed by atoms with van der Waals surface area (Å²) in [5.74, 6) is 0. The molecule has 0 aliphatic heterocycles. The van der Waals surface area contributed by atoms with E-state index in [1.54, 1.807) is 11.3 Å². The molecule has 4 heteroatoms. The zero-order valence-electron chi connectivity index (χ0n) is 10.9. The van der Waals surface area contributed by atoms with Crippen LogP contribution in [0.15, 0.2) is 35.8 Å². The highest BCUT2D eigenvalue weighted by molar-refractivity contribution is 7.09. The summed E-state index contributed by atoms with van der Waals surface area (Å²) in [6.07, 6.45) is 3.15. The van der Waals surface area contributed by atoms with Gasteiger partial charge in [-0.15, -0.1) is 11.3 Å². The lowest BCUT2D eigenvalue weighted by molar-refractivity contribution is 0.678. The Hall–Kier alpha value is -1.65. The Balaban J connectivity index is 1.55. The maximum Gasteiger partial charge on any atom is 0.0897 e. The quantitative estimate of drug-likeness (QED) is 0.699. The first-order valence-electron chi connectivity index (χ1n) is 6.49. The molecule has 19 heavy (non-hydrogen) atoms. The third-order valence-corrected chi connectivity index (χ3v) is 4.04. The molecule has 0 bridgehead atoms. The summed E-state index contributed by atoms with van der Waals surface area (Å²) in [7, 11) is 0. The van der Waals surface area contributed by atoms with Crippen LogP contribution in [0.3, 0.4) is 0 Å². The molecule has 0 atom stereocenters. The van der Waals surface area contributed by atoms with Crippen LogP contribution in [0.25, 0.3) is 10.9 Å². The first-order chi connectivity index (χ1) is 9.33. The lowest BCUT2D eigenvalue weighted by atomic mass is 10.1. The minimum absolute atomic E-state index is 0.854. The van der Waals surface area contributed by atoms with Crippen LogP contribution in [-0.4, -0.2) is 16.5 Å². The average Bonchev–Trinajstić information content (AvgIpc) is 3.02. The number of hydrogen-bond acceptors (Lipinski definition) is 3. The van der Waals surface area contributed by atoms with Crippen LogP contribution >= 0.6 is 11.3 Å². The molecule has 0 aliphatic carbocycles. The lowest BCUT2D eigenvalue weighted by Gasteiger charge is -2.02. The highest BCUT2D eigenvalue weighted by Crippen LogP contribution is 2.17. The number of aromatic amines is 1. The van der Waals surface area contributed by atoms with Crippen LogP contribution < -0.4 is 5.32 Å². The van der Waals surface area contributed by atoms with Gasteiger partial charge < -0.3 is 10.3 Å². The van der Waals surface area contributed by atoms with E-state index in [-0.39, 0.29) is 0 Å². The molecule has 98 valence electrons. The topological polar surface area (TPSA) is 40.7 Å². The number of thiazole rings is 1. The fourth-order valence-corrected chi connectivity index (χ4v) is 2.88. The molecule has 1 aromatic carbocycles. The number of aromatic nitrogens is 2. The molecule has 0 saturated carbocycles. The van der Waals surface area contributed by atoms with Gasteiger partial charge in [0.25, 0.3) is 0 Å². The molecular formula is C15H17N3S. The second-order valence-electron chi connectivity index (χ2n) is 4.64. The SMILES string of the molecule is Cc1nc(CNCCc2c[nH]c3ccccc23)cs1. The van der Waals surface area contributed by atoms with Gasteiger partial charge in [-0.05, 0) is 31.5 Å². The zero-order chi connectivity index (χ0) is 13.1. The van der Waals surface area contributed by atoms with Gasteiger partial charge in [0, 0.05) is 29.0 Å². The fourth-order valence-electron chi connectivity index (χ4n) is 2.27. The Morgan fingerprint density at radius 2 is 2.21 bits per heavy atom. The number of para-hydroxylation sites is 1. The van der Waals surface area contributed by atoms with Gasteiger partial charge in [0.1, 0.15) is 0 Å². The van der Waals surface area contributed by atoms with E-state index in [9.17, 15) is 0 Å². The molecule has 3 aromatic rings. The predicted molar refractivity (Wildman–Crippen MR) is 80.6 cm³/mol. The molecule has 0 aliphatic rings. The van der Waals surface area contributed by atoms with E-state index in [4.69, 9.17) is 0 Å². The number of rotatable bonds is 5. The minimum Gasteiger partial charge on any atom is -0.361 e. The summed E-state index contributed by atoms with van der Waals surface area (Å²) in [4.78, 5) is 7.76. The molecule has 0 amide bonds. The van der Waals surface area contributed by atoms with Crippen LogP contribution in [0, 0.1) is 6.92 Å². The first-order valence-corrected chi connectivity index (χ1v) is 7.37. The molecule has 2 heterocycles. The van der Waals surface area contributed by atoms with Gasteiger partial charge in [-0.25, -0.2) is 4.98 Å². The normalized spacial score (nSPS) is 11.2. The van der Waals surface area contributed by atoms with Gasteiger partial charge in [-0.3, -0.25) is 0 Å². The first kappa shape index (κ1) is 12.4. The summed E-state index contributed by atoms with van der Waals surface area (Å²) >= 11 is 1.71. The summed E-state index contributed by atoms with van der Waals surface area (Å²) in [6.45, 7) is 3.87. The maximum atomic E-state index is 4.45. The number of benzene rings is 1. The third kappa shape index (κ3) is 2.85. The molecule has 0 unspecified atom stereocenters. The van der Waals surface area contributed by atoms with Crippen molar-refractivity contribution in [3.8, 4) is 0 Å². The number of nitrogens with one attached hydrogen (secondary N) is 2. The molecule has 0 fully saturated rings. The van der Waals surface area contributed by atoms with Crippen LogP contribution in [0.4, 0.5) is 0 Å². The Morgan fingerprint density at radius 1 is 1.32 bits per heavy atom. The lowest BCUT2D eigenvalue weighted by Crippen LogP contribution is -2.16.